The van der Waals surface area contributed by atoms with E-state index in [4.69, 9.17) is 9.47 Å². The Morgan fingerprint density at radius 1 is 1.29 bits per heavy atom. The van der Waals surface area contributed by atoms with Crippen molar-refractivity contribution >= 4 is 5.97 Å². The van der Waals surface area contributed by atoms with E-state index in [1.54, 1.807) is 0 Å². The molecule has 1 N–H and O–H groups in total. The Balaban J connectivity index is 3.37. The van der Waals surface area contributed by atoms with Gasteiger partial charge in [0.05, 0.1) is 20.8 Å². The van der Waals surface area contributed by atoms with Crippen molar-refractivity contribution in [2.75, 3.05) is 20.8 Å². The quantitative estimate of drug-likeness (QED) is 0.815. The third-order valence-corrected chi connectivity index (χ3v) is 3.07. The summed E-state index contributed by atoms with van der Waals surface area (Å²) in [4.78, 5) is 11.4. The summed E-state index contributed by atoms with van der Waals surface area (Å²) in [5.74, 6) is -5.71. The van der Waals surface area contributed by atoms with Gasteiger partial charge in [-0.1, -0.05) is 0 Å². The van der Waals surface area contributed by atoms with Crippen LogP contribution in [0.25, 0.3) is 0 Å². The second-order valence-electron chi connectivity index (χ2n) is 4.43. The summed E-state index contributed by atoms with van der Waals surface area (Å²) in [5.41, 5.74) is -3.10. The summed E-state index contributed by atoms with van der Waals surface area (Å²) in [6, 6.07) is 4.04. The molecule has 0 bridgehead atoms. The highest BCUT2D eigenvalue weighted by molar-refractivity contribution is 5.80. The third-order valence-electron chi connectivity index (χ3n) is 3.07. The average molecular weight is 304 g/mol. The number of halogens is 2. The van der Waals surface area contributed by atoms with Crippen LogP contribution in [0.2, 0.25) is 0 Å². The van der Waals surface area contributed by atoms with Crippen molar-refractivity contribution in [3.63, 3.8) is 0 Å². The maximum absolute atomic E-state index is 14.2. The van der Waals surface area contributed by atoms with Gasteiger partial charge in [0.1, 0.15) is 11.5 Å². The van der Waals surface area contributed by atoms with Gasteiger partial charge in [-0.05, 0) is 32.0 Å². The van der Waals surface area contributed by atoms with E-state index >= 15 is 0 Å². The lowest BCUT2D eigenvalue weighted by Crippen LogP contribution is -2.50. The van der Waals surface area contributed by atoms with Crippen molar-refractivity contribution < 1.29 is 32.9 Å². The Morgan fingerprint density at radius 2 is 1.90 bits per heavy atom. The summed E-state index contributed by atoms with van der Waals surface area (Å²) in [6.45, 7) is 2.00. The first kappa shape index (κ1) is 17.2. The number of hydrogen-bond donors (Lipinski definition) is 1. The number of carbonyl (C=O) groups is 1. The molecule has 0 fully saturated rings. The molecular weight excluding hydrogens is 286 g/mol. The minimum atomic E-state index is -4.15. The Kier molecular flexibility index (Phi) is 5.11. The van der Waals surface area contributed by atoms with Gasteiger partial charge in [0, 0.05) is 5.56 Å². The first-order valence-corrected chi connectivity index (χ1v) is 6.22. The maximum atomic E-state index is 14.2. The van der Waals surface area contributed by atoms with Gasteiger partial charge >= 0.3 is 11.9 Å². The molecule has 7 heteroatoms. The van der Waals surface area contributed by atoms with E-state index in [0.717, 1.165) is 6.92 Å². The number of ether oxygens (including phenoxy) is 3. The average Bonchev–Trinajstić information content (AvgIpc) is 2.46. The van der Waals surface area contributed by atoms with Crippen molar-refractivity contribution in [1.82, 2.24) is 0 Å². The fourth-order valence-electron chi connectivity index (χ4n) is 1.78. The van der Waals surface area contributed by atoms with E-state index in [1.165, 1.54) is 39.3 Å². The van der Waals surface area contributed by atoms with Crippen LogP contribution in [0.3, 0.4) is 0 Å². The Morgan fingerprint density at radius 3 is 2.38 bits per heavy atom. The van der Waals surface area contributed by atoms with Crippen LogP contribution in [-0.4, -0.2) is 37.8 Å². The summed E-state index contributed by atoms with van der Waals surface area (Å²) < 4.78 is 42.6. The molecule has 0 heterocycles. The number of hydrogen-bond acceptors (Lipinski definition) is 5. The lowest BCUT2D eigenvalue weighted by molar-refractivity contribution is -0.212. The summed E-state index contributed by atoms with van der Waals surface area (Å²) in [5, 5.41) is 10.3. The van der Waals surface area contributed by atoms with Crippen molar-refractivity contribution in [2.24, 2.45) is 0 Å². The zero-order chi connectivity index (χ0) is 16.3. The van der Waals surface area contributed by atoms with E-state index in [9.17, 15) is 18.7 Å². The molecule has 0 saturated carbocycles. The van der Waals surface area contributed by atoms with Gasteiger partial charge in [-0.3, -0.25) is 0 Å². The highest BCUT2D eigenvalue weighted by atomic mass is 19.3. The van der Waals surface area contributed by atoms with Crippen molar-refractivity contribution in [3.8, 4) is 11.5 Å². The summed E-state index contributed by atoms with van der Waals surface area (Å²) in [7, 11) is 2.62. The summed E-state index contributed by atoms with van der Waals surface area (Å²) >= 11 is 0. The van der Waals surface area contributed by atoms with Gasteiger partial charge < -0.3 is 19.3 Å². The molecule has 0 spiro atoms. The molecule has 0 amide bonds. The maximum Gasteiger partial charge on any atom is 0.380 e. The van der Waals surface area contributed by atoms with Gasteiger partial charge in [0.25, 0.3) is 0 Å². The zero-order valence-electron chi connectivity index (χ0n) is 12.3. The number of aliphatic hydroxyl groups is 1. The molecule has 0 aromatic heterocycles. The predicted octanol–water partition coefficient (Wildman–Crippen LogP) is 2.11. The summed E-state index contributed by atoms with van der Waals surface area (Å²) in [6.07, 6.45) is 0. The SMILES string of the molecule is CCOC(=O)C(F)(F)C(C)(O)c1cc(OC)ccc1OC. The van der Waals surface area contributed by atoms with E-state index < -0.39 is 17.5 Å². The number of carbonyl (C=O) groups excluding carboxylic acids is 1. The van der Waals surface area contributed by atoms with Gasteiger partial charge in [-0.25, -0.2) is 4.79 Å². The number of alkyl halides is 2. The van der Waals surface area contributed by atoms with Crippen molar-refractivity contribution in [2.45, 2.75) is 25.4 Å². The third kappa shape index (κ3) is 3.07. The molecule has 0 saturated heterocycles. The van der Waals surface area contributed by atoms with E-state index in [1.807, 2.05) is 0 Å². The molecular formula is C14H18F2O5. The van der Waals surface area contributed by atoms with Crippen LogP contribution in [0.1, 0.15) is 19.4 Å². The number of rotatable bonds is 6. The van der Waals surface area contributed by atoms with Gasteiger partial charge in [0.2, 0.25) is 0 Å². The van der Waals surface area contributed by atoms with Gasteiger partial charge in [-0.2, -0.15) is 8.78 Å². The van der Waals surface area contributed by atoms with E-state index in [2.05, 4.69) is 4.74 Å². The normalized spacial score (nSPS) is 14.2. The molecule has 0 aliphatic heterocycles. The topological polar surface area (TPSA) is 65.0 Å². The van der Waals surface area contributed by atoms with Crippen molar-refractivity contribution in [3.05, 3.63) is 23.8 Å². The van der Waals surface area contributed by atoms with E-state index in [0.29, 0.717) is 0 Å². The molecule has 0 radical (unpaired) electrons. The number of methoxy groups -OCH3 is 2. The monoisotopic (exact) mass is 304 g/mol. The first-order valence-electron chi connectivity index (χ1n) is 6.22. The number of esters is 1. The molecule has 1 aromatic carbocycles. The minimum Gasteiger partial charge on any atom is -0.497 e. The standard InChI is InChI=1S/C14H18F2O5/c1-5-21-12(17)14(15,16)13(2,18)10-8-9(19-3)6-7-11(10)20-4/h6-8,18H,5H2,1-4H3. The largest absolute Gasteiger partial charge is 0.497 e. The molecule has 1 atom stereocenters. The lowest BCUT2D eigenvalue weighted by atomic mass is 9.88. The second kappa shape index (κ2) is 6.26. The molecule has 21 heavy (non-hydrogen) atoms. The Hall–Kier alpha value is -1.89. The molecule has 5 nitrogen and oxygen atoms in total. The van der Waals surface area contributed by atoms with Crippen LogP contribution in [0.4, 0.5) is 8.78 Å². The number of benzene rings is 1. The van der Waals surface area contributed by atoms with Gasteiger partial charge in [-0.15, -0.1) is 0 Å². The highest BCUT2D eigenvalue weighted by Gasteiger charge is 2.59. The minimum absolute atomic E-state index is 0.00442. The second-order valence-corrected chi connectivity index (χ2v) is 4.43. The highest BCUT2D eigenvalue weighted by Crippen LogP contribution is 2.43. The molecule has 118 valence electrons. The molecule has 0 aliphatic rings. The Bertz CT molecular complexity index is 514. The molecule has 1 aromatic rings. The zero-order valence-corrected chi connectivity index (χ0v) is 12.3. The van der Waals surface area contributed by atoms with Crippen LogP contribution < -0.4 is 9.47 Å². The lowest BCUT2D eigenvalue weighted by Gasteiger charge is -2.32. The molecule has 1 rings (SSSR count). The smallest absolute Gasteiger partial charge is 0.380 e. The molecule has 0 aliphatic carbocycles. The van der Waals surface area contributed by atoms with E-state index in [-0.39, 0.29) is 23.7 Å². The van der Waals surface area contributed by atoms with Crippen LogP contribution in [0.15, 0.2) is 18.2 Å². The van der Waals surface area contributed by atoms with Crippen LogP contribution in [-0.2, 0) is 15.1 Å². The first-order chi connectivity index (χ1) is 9.72. The van der Waals surface area contributed by atoms with Gasteiger partial charge in [0.15, 0.2) is 5.60 Å². The van der Waals surface area contributed by atoms with Crippen LogP contribution in [0, 0.1) is 0 Å². The fraction of sp³-hybridized carbons (Fsp3) is 0.500. The van der Waals surface area contributed by atoms with Crippen LogP contribution >= 0.6 is 0 Å². The Labute approximate surface area is 121 Å². The van der Waals surface area contributed by atoms with Crippen molar-refractivity contribution in [1.29, 1.82) is 0 Å². The molecule has 1 unspecified atom stereocenters. The predicted molar refractivity (Wildman–Crippen MR) is 70.7 cm³/mol. The van der Waals surface area contributed by atoms with Crippen LogP contribution in [0.5, 0.6) is 11.5 Å². The fourth-order valence-corrected chi connectivity index (χ4v) is 1.78.